The molecule has 30 heavy (non-hydrogen) atoms. The van der Waals surface area contributed by atoms with Crippen molar-refractivity contribution in [2.75, 3.05) is 5.32 Å². The van der Waals surface area contributed by atoms with Gasteiger partial charge in [0, 0.05) is 23.0 Å². The Kier molecular flexibility index (Phi) is 4.92. The van der Waals surface area contributed by atoms with Gasteiger partial charge in [-0.25, -0.2) is 14.4 Å². The van der Waals surface area contributed by atoms with Crippen LogP contribution in [0.1, 0.15) is 30.7 Å². The number of fused-ring (bicyclic) bond motifs is 1. The molecule has 0 atom stereocenters. The highest BCUT2D eigenvalue weighted by Gasteiger charge is 2.36. The number of nitrogens with zero attached hydrogens (tertiary/aromatic N) is 3. The number of benzene rings is 1. The molecule has 0 saturated heterocycles. The van der Waals surface area contributed by atoms with Crippen molar-refractivity contribution in [3.05, 3.63) is 64.3 Å². The van der Waals surface area contributed by atoms with Crippen LogP contribution in [0, 0.1) is 11.2 Å². The van der Waals surface area contributed by atoms with E-state index in [1.165, 1.54) is 30.5 Å². The lowest BCUT2D eigenvalue weighted by Gasteiger charge is -2.17. The minimum Gasteiger partial charge on any atom is -0.339 e. The summed E-state index contributed by atoms with van der Waals surface area (Å²) in [5.41, 5.74) is 0.240. The molecular formula is C21H17ClF4N4. The molecule has 2 heterocycles. The Bertz CT molecular complexity index is 1130. The standard InChI is InChI=1S/C21H17ClF4N4/c1-20(2)8-13-17(9-20)29-18(12-7-11(22)3-4-15(12)23)30-19(13)28-16-5-6-27-10-14(16)21(24,25)26/h3-7,10H,8-9H2,1-2H3,(H,27,28,29,30). The van der Waals surface area contributed by atoms with Crippen molar-refractivity contribution in [3.63, 3.8) is 0 Å². The highest BCUT2D eigenvalue weighted by atomic mass is 35.5. The van der Waals surface area contributed by atoms with Gasteiger partial charge in [0.15, 0.2) is 5.82 Å². The van der Waals surface area contributed by atoms with Gasteiger partial charge in [0.25, 0.3) is 0 Å². The van der Waals surface area contributed by atoms with E-state index in [2.05, 4.69) is 20.3 Å². The van der Waals surface area contributed by atoms with E-state index in [0.29, 0.717) is 23.6 Å². The number of alkyl halides is 3. The molecule has 0 fully saturated rings. The van der Waals surface area contributed by atoms with E-state index in [9.17, 15) is 17.6 Å². The summed E-state index contributed by atoms with van der Waals surface area (Å²) in [6.45, 7) is 4.07. The summed E-state index contributed by atoms with van der Waals surface area (Å²) >= 11 is 6.00. The van der Waals surface area contributed by atoms with E-state index in [1.807, 2.05) is 13.8 Å². The lowest BCUT2D eigenvalue weighted by Crippen LogP contribution is -2.12. The van der Waals surface area contributed by atoms with E-state index in [-0.39, 0.29) is 28.3 Å². The summed E-state index contributed by atoms with van der Waals surface area (Å²) in [4.78, 5) is 12.5. The topological polar surface area (TPSA) is 50.7 Å². The summed E-state index contributed by atoms with van der Waals surface area (Å²) in [5.74, 6) is -0.282. The van der Waals surface area contributed by atoms with Crippen molar-refractivity contribution < 1.29 is 17.6 Å². The van der Waals surface area contributed by atoms with Crippen molar-refractivity contribution in [2.45, 2.75) is 32.9 Å². The van der Waals surface area contributed by atoms with Crippen molar-refractivity contribution in [2.24, 2.45) is 5.41 Å². The Morgan fingerprint density at radius 3 is 2.60 bits per heavy atom. The monoisotopic (exact) mass is 436 g/mol. The quantitative estimate of drug-likeness (QED) is 0.495. The summed E-state index contributed by atoms with van der Waals surface area (Å²) < 4.78 is 54.7. The van der Waals surface area contributed by atoms with Crippen LogP contribution in [-0.4, -0.2) is 15.0 Å². The zero-order chi connectivity index (χ0) is 21.7. The average Bonchev–Trinajstić information content (AvgIpc) is 2.97. The molecule has 0 saturated carbocycles. The molecule has 0 amide bonds. The third-order valence-electron chi connectivity index (χ3n) is 4.94. The first-order valence-electron chi connectivity index (χ1n) is 9.17. The van der Waals surface area contributed by atoms with Crippen molar-refractivity contribution >= 4 is 23.1 Å². The number of anilines is 2. The molecule has 0 aliphatic heterocycles. The van der Waals surface area contributed by atoms with Crippen molar-refractivity contribution in [3.8, 4) is 11.4 Å². The number of hydrogen-bond donors (Lipinski definition) is 1. The Morgan fingerprint density at radius 2 is 1.87 bits per heavy atom. The van der Waals surface area contributed by atoms with Crippen LogP contribution in [0.4, 0.5) is 29.1 Å². The molecule has 0 unspecified atom stereocenters. The highest BCUT2D eigenvalue weighted by Crippen LogP contribution is 2.42. The van der Waals surface area contributed by atoms with Gasteiger partial charge in [-0.05, 0) is 42.5 Å². The smallest absolute Gasteiger partial charge is 0.339 e. The molecular weight excluding hydrogens is 420 g/mol. The lowest BCUT2D eigenvalue weighted by atomic mass is 9.90. The predicted molar refractivity (Wildman–Crippen MR) is 106 cm³/mol. The number of halogens is 5. The van der Waals surface area contributed by atoms with E-state index >= 15 is 0 Å². The first kappa shape index (κ1) is 20.5. The van der Waals surface area contributed by atoms with Crippen LogP contribution in [-0.2, 0) is 19.0 Å². The fourth-order valence-corrected chi connectivity index (χ4v) is 3.78. The maximum absolute atomic E-state index is 14.4. The van der Waals surface area contributed by atoms with E-state index in [4.69, 9.17) is 11.6 Å². The summed E-state index contributed by atoms with van der Waals surface area (Å²) in [5, 5.41) is 3.10. The molecule has 1 aliphatic carbocycles. The molecule has 1 aromatic carbocycles. The number of aromatic nitrogens is 3. The summed E-state index contributed by atoms with van der Waals surface area (Å²) in [6.07, 6.45) is -1.40. The number of hydrogen-bond acceptors (Lipinski definition) is 4. The largest absolute Gasteiger partial charge is 0.419 e. The minimum absolute atomic E-state index is 0.0663. The molecule has 4 nitrogen and oxygen atoms in total. The first-order chi connectivity index (χ1) is 14.0. The fourth-order valence-electron chi connectivity index (χ4n) is 3.61. The van der Waals surface area contributed by atoms with Crippen LogP contribution in [0.3, 0.4) is 0 Å². The molecule has 3 aromatic rings. The third-order valence-corrected chi connectivity index (χ3v) is 5.18. The van der Waals surface area contributed by atoms with Gasteiger partial charge in [0.05, 0.1) is 22.5 Å². The zero-order valence-electron chi connectivity index (χ0n) is 16.1. The first-order valence-corrected chi connectivity index (χ1v) is 9.55. The third kappa shape index (κ3) is 3.96. The molecule has 9 heteroatoms. The summed E-state index contributed by atoms with van der Waals surface area (Å²) in [6, 6.07) is 5.24. The SMILES string of the molecule is CC1(C)Cc2nc(-c3cc(Cl)ccc3F)nc(Nc3ccncc3C(F)(F)F)c2C1. The van der Waals surface area contributed by atoms with Crippen LogP contribution >= 0.6 is 11.6 Å². The summed E-state index contributed by atoms with van der Waals surface area (Å²) in [7, 11) is 0. The molecule has 0 bridgehead atoms. The van der Waals surface area contributed by atoms with Crippen molar-refractivity contribution in [1.82, 2.24) is 15.0 Å². The highest BCUT2D eigenvalue weighted by molar-refractivity contribution is 6.30. The zero-order valence-corrected chi connectivity index (χ0v) is 16.9. The van der Waals surface area contributed by atoms with Crippen LogP contribution < -0.4 is 5.32 Å². The van der Waals surface area contributed by atoms with Crippen LogP contribution in [0.2, 0.25) is 5.02 Å². The van der Waals surface area contributed by atoms with Gasteiger partial charge in [-0.3, -0.25) is 4.98 Å². The normalized spacial score (nSPS) is 15.2. The van der Waals surface area contributed by atoms with E-state index in [0.717, 1.165) is 11.8 Å². The van der Waals surface area contributed by atoms with E-state index in [1.54, 1.807) is 0 Å². The van der Waals surface area contributed by atoms with Gasteiger partial charge in [-0.2, -0.15) is 13.2 Å². The maximum Gasteiger partial charge on any atom is 0.419 e. The van der Waals surface area contributed by atoms with Gasteiger partial charge in [0.1, 0.15) is 11.6 Å². The molecule has 156 valence electrons. The number of pyridine rings is 1. The average molecular weight is 437 g/mol. The van der Waals surface area contributed by atoms with Gasteiger partial charge in [0.2, 0.25) is 0 Å². The second-order valence-corrected chi connectivity index (χ2v) is 8.44. The van der Waals surface area contributed by atoms with Crippen LogP contribution in [0.25, 0.3) is 11.4 Å². The minimum atomic E-state index is -4.59. The molecule has 4 rings (SSSR count). The second-order valence-electron chi connectivity index (χ2n) is 8.01. The molecule has 0 spiro atoms. The molecule has 2 aromatic heterocycles. The number of nitrogens with one attached hydrogen (secondary N) is 1. The van der Waals surface area contributed by atoms with Gasteiger partial charge < -0.3 is 5.32 Å². The Labute approximate surface area is 175 Å². The lowest BCUT2D eigenvalue weighted by molar-refractivity contribution is -0.137. The molecule has 1 aliphatic rings. The maximum atomic E-state index is 14.4. The second kappa shape index (κ2) is 7.19. The van der Waals surface area contributed by atoms with Crippen molar-refractivity contribution in [1.29, 1.82) is 0 Å². The van der Waals surface area contributed by atoms with Crippen LogP contribution in [0.5, 0.6) is 0 Å². The van der Waals surface area contributed by atoms with Gasteiger partial charge >= 0.3 is 6.18 Å². The Morgan fingerprint density at radius 1 is 1.10 bits per heavy atom. The van der Waals surface area contributed by atoms with Gasteiger partial charge in [-0.15, -0.1) is 0 Å². The Hall–Kier alpha value is -2.74. The van der Waals surface area contributed by atoms with E-state index < -0.39 is 17.6 Å². The van der Waals surface area contributed by atoms with Crippen LogP contribution in [0.15, 0.2) is 36.7 Å². The molecule has 1 N–H and O–H groups in total. The number of rotatable bonds is 3. The Balaban J connectivity index is 1.87. The predicted octanol–water partition coefficient (Wildman–Crippen LogP) is 6.22. The fraction of sp³-hybridized carbons (Fsp3) is 0.286. The van der Waals surface area contributed by atoms with Gasteiger partial charge in [-0.1, -0.05) is 25.4 Å². The molecule has 0 radical (unpaired) electrons.